The summed E-state index contributed by atoms with van der Waals surface area (Å²) >= 11 is 0. The number of nitrogens with zero attached hydrogens (tertiary/aromatic N) is 12. The largest absolute Gasteiger partial charge is 0.472 e. The third kappa shape index (κ3) is 16.4. The third-order valence-electron chi connectivity index (χ3n) is 13.7. The van der Waals surface area contributed by atoms with E-state index >= 15 is 0 Å². The first-order valence-corrected chi connectivity index (χ1v) is 29.5. The number of anilines is 3. The van der Waals surface area contributed by atoms with Gasteiger partial charge in [0, 0.05) is 50.7 Å². The molecule has 7 heterocycles. The Morgan fingerprint density at radius 2 is 1.59 bits per heavy atom. The zero-order chi connectivity index (χ0) is 62.9. The van der Waals surface area contributed by atoms with Gasteiger partial charge < -0.3 is 82.1 Å². The summed E-state index contributed by atoms with van der Waals surface area (Å²) in [7, 11) is -7.70. The number of aliphatic hydroxyl groups is 1. The number of benzene rings is 1. The molecule has 0 bridgehead atoms. The standard InChI is InChI=1S/C46H64N20O19P2/c1-22(2)31(59-29(67)15-56-62-50)40(69)58-25(6-5-11-51-44(49)71)39(68)57-24-9-7-23(8-10-24)16-78-45(72)63(3)12-13-64(4)46(73)83-35-34-28(82-42(35)66-21-55-33-38(66)60-43(48)61-41(33)70)18-80-86(74,75)84-26-14-30(81-27(26)17-79-87(76,77)85-34)65-20-54-32-36(47)52-19-53-37(32)65/h7-10,19-22,25-28,30-31,34-35,39,42,57,68H,5-6,11-18H2,1-4H3,(H,58,69)(H,59,67)(H,74,75)(H,76,77)(H2,47,52,53)(H3,49,51,71)(H3,48,60,61,70)/t25-,26-,27+,28+,30+,31-,34+,35+,39?,42+/m0/s1. The number of carbonyl (C=O) groups is 5. The van der Waals surface area contributed by atoms with Crippen LogP contribution in [0.1, 0.15) is 51.1 Å². The number of aromatic nitrogens is 8. The molecule has 87 heavy (non-hydrogen) atoms. The van der Waals surface area contributed by atoms with Crippen LogP contribution in [0.2, 0.25) is 0 Å². The second kappa shape index (κ2) is 28.0. The van der Waals surface area contributed by atoms with Crippen LogP contribution < -0.4 is 44.0 Å². The summed E-state index contributed by atoms with van der Waals surface area (Å²) in [5.74, 6) is -2.03. The van der Waals surface area contributed by atoms with Crippen molar-refractivity contribution in [3.8, 4) is 0 Å². The number of rotatable bonds is 21. The number of hydrogen-bond donors (Lipinski definition) is 11. The van der Waals surface area contributed by atoms with Crippen molar-refractivity contribution in [2.45, 2.75) is 101 Å². The molecular formula is C46H64N20O19P2. The normalized spacial score (nSPS) is 24.9. The number of ether oxygens (including phenoxy) is 4. The number of carbonyl (C=O) groups excluding carboxylic acids is 5. The summed E-state index contributed by atoms with van der Waals surface area (Å²) in [5, 5.41) is 25.1. The molecule has 3 aliphatic rings. The number of amides is 6. The van der Waals surface area contributed by atoms with Gasteiger partial charge in [0.15, 0.2) is 35.0 Å². The predicted octanol–water partition coefficient (Wildman–Crippen LogP) is 0.147. The van der Waals surface area contributed by atoms with Gasteiger partial charge in [-0.15, -0.1) is 0 Å². The fourth-order valence-electron chi connectivity index (χ4n) is 9.26. The van der Waals surface area contributed by atoms with Crippen LogP contribution in [-0.2, 0) is 62.4 Å². The molecule has 4 aromatic heterocycles. The Kier molecular flexibility index (Phi) is 20.8. The molecule has 1 aromatic carbocycles. The lowest BCUT2D eigenvalue weighted by atomic mass is 10.0. The Morgan fingerprint density at radius 1 is 0.908 bits per heavy atom. The lowest BCUT2D eigenvalue weighted by molar-refractivity contribution is -0.130. The maximum atomic E-state index is 14.0. The molecule has 0 saturated carbocycles. The number of primary amides is 1. The number of aromatic amines is 1. The van der Waals surface area contributed by atoms with E-state index in [1.807, 2.05) is 0 Å². The van der Waals surface area contributed by atoms with Crippen molar-refractivity contribution < 1.29 is 85.0 Å². The molecule has 3 aliphatic heterocycles. The van der Waals surface area contributed by atoms with Gasteiger partial charge in [0.2, 0.25) is 17.8 Å². The van der Waals surface area contributed by atoms with Gasteiger partial charge in [-0.2, -0.15) is 4.98 Å². The molecule has 12 atom stereocenters. The second-order valence-corrected chi connectivity index (χ2v) is 23.1. The molecule has 3 saturated heterocycles. The van der Waals surface area contributed by atoms with Crippen molar-refractivity contribution in [2.24, 2.45) is 16.8 Å². The first kappa shape index (κ1) is 64.7. The number of nitrogens with two attached hydrogens (primary N) is 3. The molecule has 0 aliphatic carbocycles. The molecule has 8 rings (SSSR count). The minimum atomic E-state index is -5.28. The van der Waals surface area contributed by atoms with E-state index in [0.29, 0.717) is 11.3 Å². The van der Waals surface area contributed by atoms with Crippen LogP contribution in [0.4, 0.5) is 31.8 Å². The second-order valence-electron chi connectivity index (χ2n) is 20.3. The number of azide groups is 1. The average molecular weight is 1260 g/mol. The number of nitrogens with one attached hydrogen (secondary N) is 5. The Morgan fingerprint density at radius 3 is 2.29 bits per heavy atom. The van der Waals surface area contributed by atoms with Gasteiger partial charge in [0.1, 0.15) is 67.9 Å². The maximum absolute atomic E-state index is 14.0. The van der Waals surface area contributed by atoms with Crippen LogP contribution >= 0.6 is 15.6 Å². The van der Waals surface area contributed by atoms with Crippen molar-refractivity contribution in [1.29, 1.82) is 0 Å². The molecule has 14 N–H and O–H groups in total. The molecule has 472 valence electrons. The lowest BCUT2D eigenvalue weighted by Gasteiger charge is -2.29. The SMILES string of the molecule is CC(C)[C@H](NC(=O)CN=[N+]=[N-])C(=O)N[C@@H](CCCNC(N)=O)C(O)Nc1ccc(COC(=O)N(C)CCN(C)C(=O)O[C@@H]2[C@@H]3OP(=O)(O)OC[C@H]4O[C@@H](n5cnc6c(N)ncnc65)C[C@@H]4OP(=O)(O)OC[C@H]3O[C@H]2n2cnc3c(=O)[nH]c(N)nc32)cc1. The number of fused-ring (bicyclic) bond motifs is 4. The summed E-state index contributed by atoms with van der Waals surface area (Å²) in [6.07, 6.45) is -10.1. The molecular weight excluding hydrogens is 1200 g/mol. The van der Waals surface area contributed by atoms with E-state index in [1.54, 1.807) is 38.1 Å². The molecule has 6 amide bonds. The van der Waals surface area contributed by atoms with Crippen molar-refractivity contribution in [1.82, 2.24) is 64.8 Å². The average Bonchev–Trinajstić information content (AvgIpc) is 1.76. The van der Waals surface area contributed by atoms with Crippen LogP contribution in [0.25, 0.3) is 32.8 Å². The highest BCUT2D eigenvalue weighted by Gasteiger charge is 2.54. The maximum Gasteiger partial charge on any atom is 0.472 e. The molecule has 39 nitrogen and oxygen atoms in total. The molecule has 0 radical (unpaired) electrons. The minimum absolute atomic E-state index is 0.0648. The number of nitrogen functional groups attached to an aromatic ring is 2. The molecule has 41 heteroatoms. The number of H-pyrrole nitrogens is 1. The predicted molar refractivity (Wildman–Crippen MR) is 297 cm³/mol. The summed E-state index contributed by atoms with van der Waals surface area (Å²) in [5.41, 5.74) is 25.7. The Bertz CT molecular complexity index is 3520. The van der Waals surface area contributed by atoms with E-state index in [1.165, 1.54) is 31.3 Å². The van der Waals surface area contributed by atoms with Gasteiger partial charge in [-0.3, -0.25) is 46.6 Å². The minimum Gasteiger partial charge on any atom is -0.445 e. The van der Waals surface area contributed by atoms with Gasteiger partial charge in [-0.25, -0.2) is 43.4 Å². The van der Waals surface area contributed by atoms with Crippen molar-refractivity contribution in [3.05, 3.63) is 69.6 Å². The van der Waals surface area contributed by atoms with E-state index in [4.69, 9.17) is 59.8 Å². The summed E-state index contributed by atoms with van der Waals surface area (Å²) in [4.78, 5) is 127. The van der Waals surface area contributed by atoms with Crippen LogP contribution in [-0.4, -0.2) is 196 Å². The molecule has 5 aromatic rings. The zero-order valence-electron chi connectivity index (χ0n) is 46.8. The number of urea groups is 1. The van der Waals surface area contributed by atoms with Gasteiger partial charge in [-0.1, -0.05) is 31.1 Å². The van der Waals surface area contributed by atoms with Crippen molar-refractivity contribution in [3.63, 3.8) is 0 Å². The number of hydrogen-bond acceptors (Lipinski definition) is 26. The number of phosphoric ester groups is 2. The first-order valence-electron chi connectivity index (χ1n) is 26.5. The van der Waals surface area contributed by atoms with Crippen LogP contribution in [0, 0.1) is 5.92 Å². The van der Waals surface area contributed by atoms with Gasteiger partial charge in [0.05, 0.1) is 31.9 Å². The van der Waals surface area contributed by atoms with E-state index < -0.39 is 138 Å². The Labute approximate surface area is 491 Å². The molecule has 3 unspecified atom stereocenters. The molecule has 0 spiro atoms. The zero-order valence-corrected chi connectivity index (χ0v) is 48.6. The summed E-state index contributed by atoms with van der Waals surface area (Å²) in [6, 6.07) is 3.53. The number of aliphatic hydroxyl groups excluding tert-OH is 1. The summed E-state index contributed by atoms with van der Waals surface area (Å²) < 4.78 is 76.0. The van der Waals surface area contributed by atoms with E-state index in [0.717, 1.165) is 20.7 Å². The van der Waals surface area contributed by atoms with E-state index in [2.05, 4.69) is 61.2 Å². The van der Waals surface area contributed by atoms with E-state index in [9.17, 15) is 52.8 Å². The fraction of sp³-hybridized carbons (Fsp3) is 0.543. The highest BCUT2D eigenvalue weighted by atomic mass is 31.2. The number of phosphoric acid groups is 2. The van der Waals surface area contributed by atoms with Crippen molar-refractivity contribution >= 4 is 85.5 Å². The fourth-order valence-corrected chi connectivity index (χ4v) is 11.2. The lowest BCUT2D eigenvalue weighted by Crippen LogP contribution is -2.56. The highest BCUT2D eigenvalue weighted by Crippen LogP contribution is 2.54. The van der Waals surface area contributed by atoms with Crippen LogP contribution in [0.15, 0.2) is 53.2 Å². The monoisotopic (exact) mass is 1260 g/mol. The van der Waals surface area contributed by atoms with Gasteiger partial charge in [-0.05, 0) is 42.0 Å². The first-order chi connectivity index (χ1) is 41.3. The number of likely N-dealkylation sites (N-methyl/N-ethyl adjacent to an activating group) is 2. The Hall–Kier alpha value is -8.32. The van der Waals surface area contributed by atoms with Crippen molar-refractivity contribution in [2.75, 3.05) is 70.3 Å². The van der Waals surface area contributed by atoms with Gasteiger partial charge >= 0.3 is 33.9 Å². The van der Waals surface area contributed by atoms with Gasteiger partial charge in [0.25, 0.3) is 5.56 Å². The topological polar surface area (TPSA) is 543 Å². The summed E-state index contributed by atoms with van der Waals surface area (Å²) in [6.45, 7) is 0.648. The third-order valence-corrected chi connectivity index (χ3v) is 15.7. The van der Waals surface area contributed by atoms with Crippen LogP contribution in [0.3, 0.4) is 0 Å². The quantitative estimate of drug-likeness (QED) is 0.0116. The Balaban J connectivity index is 0.898. The number of imidazole rings is 2. The van der Waals surface area contributed by atoms with E-state index in [-0.39, 0.29) is 79.6 Å². The highest BCUT2D eigenvalue weighted by molar-refractivity contribution is 7.47. The smallest absolute Gasteiger partial charge is 0.445 e. The van der Waals surface area contributed by atoms with Crippen LogP contribution in [0.5, 0.6) is 0 Å². The molecule has 3 fully saturated rings.